The van der Waals surface area contributed by atoms with E-state index in [1.54, 1.807) is 0 Å². The largest absolute Gasteiger partial charge is 0.0991 e. The summed E-state index contributed by atoms with van der Waals surface area (Å²) in [4.78, 5) is 0. The maximum absolute atomic E-state index is 3.86. The lowest BCUT2D eigenvalue weighted by Gasteiger charge is -2.12. The smallest absolute Gasteiger partial charge is 0.0105 e. The zero-order chi connectivity index (χ0) is 36.5. The van der Waals surface area contributed by atoms with Gasteiger partial charge < -0.3 is 0 Å². The number of hydrogen-bond acceptors (Lipinski definition) is 0. The van der Waals surface area contributed by atoms with Crippen LogP contribution in [-0.2, 0) is 6.42 Å². The van der Waals surface area contributed by atoms with E-state index in [-0.39, 0.29) is 0 Å². The third-order valence-corrected chi connectivity index (χ3v) is 8.93. The molecular weight excluding hydrogens is 625 g/mol. The summed E-state index contributed by atoms with van der Waals surface area (Å²) in [5.74, 6) is 0. The van der Waals surface area contributed by atoms with Crippen LogP contribution in [0.2, 0.25) is 0 Å². The van der Waals surface area contributed by atoms with Crippen LogP contribution >= 0.6 is 0 Å². The Hall–Kier alpha value is -5.98. The molecular formula is C52H50. The van der Waals surface area contributed by atoms with E-state index < -0.39 is 0 Å². The predicted octanol–water partition coefficient (Wildman–Crippen LogP) is 14.8. The van der Waals surface area contributed by atoms with Gasteiger partial charge in [-0.3, -0.25) is 0 Å². The van der Waals surface area contributed by atoms with Crippen LogP contribution in [0.1, 0.15) is 67.5 Å². The third kappa shape index (κ3) is 9.83. The summed E-state index contributed by atoms with van der Waals surface area (Å²) in [7, 11) is 0. The van der Waals surface area contributed by atoms with Crippen molar-refractivity contribution in [3.8, 4) is 22.3 Å². The molecule has 0 radical (unpaired) electrons. The zero-order valence-electron chi connectivity index (χ0n) is 31.1. The molecule has 0 unspecified atom stereocenters. The van der Waals surface area contributed by atoms with Crippen LogP contribution in [0.25, 0.3) is 45.6 Å². The van der Waals surface area contributed by atoms with Crippen LogP contribution in [-0.4, -0.2) is 0 Å². The Bertz CT molecular complexity index is 2080. The Labute approximate surface area is 312 Å². The van der Waals surface area contributed by atoms with Crippen LogP contribution in [0.4, 0.5) is 0 Å². The Kier molecular flexibility index (Phi) is 13.9. The minimum absolute atomic E-state index is 1.05. The fraction of sp³-hybridized carbons (Fsp3) is 0.115. The number of hydrogen-bond donors (Lipinski definition) is 0. The van der Waals surface area contributed by atoms with Gasteiger partial charge in [0, 0.05) is 0 Å². The molecule has 0 fully saturated rings. The van der Waals surface area contributed by atoms with Crippen molar-refractivity contribution in [2.75, 3.05) is 0 Å². The second kappa shape index (κ2) is 19.4. The Balaban J connectivity index is 0.00000257. The summed E-state index contributed by atoms with van der Waals surface area (Å²) in [6.45, 7) is 12.2. The number of benzene rings is 6. The lowest BCUT2D eigenvalue weighted by molar-refractivity contribution is 0.922. The van der Waals surface area contributed by atoms with Gasteiger partial charge in [0.05, 0.1) is 0 Å². The maximum atomic E-state index is 3.86. The summed E-state index contributed by atoms with van der Waals surface area (Å²) in [5, 5.41) is 0. The molecule has 6 aromatic carbocycles. The SMILES string of the molecule is C=C\C=C/C(=C\C)C(=C/c1ccc(-c2cc(CCC)cc(-c3ccc(C=C(c4ccccc4)c4ccccc4)cc3)c2)cc1)/c1ccccc1.CC. The van der Waals surface area contributed by atoms with E-state index in [1.807, 2.05) is 26.0 Å². The molecule has 0 aliphatic heterocycles. The van der Waals surface area contributed by atoms with Gasteiger partial charge in [-0.25, -0.2) is 0 Å². The highest BCUT2D eigenvalue weighted by Gasteiger charge is 2.09. The van der Waals surface area contributed by atoms with Gasteiger partial charge in [0.1, 0.15) is 0 Å². The van der Waals surface area contributed by atoms with E-state index in [1.165, 1.54) is 61.2 Å². The molecule has 6 rings (SSSR count). The van der Waals surface area contributed by atoms with Gasteiger partial charge in [-0.1, -0.05) is 210 Å². The van der Waals surface area contributed by atoms with Crippen LogP contribution in [0.5, 0.6) is 0 Å². The second-order valence-corrected chi connectivity index (χ2v) is 12.5. The summed E-state index contributed by atoms with van der Waals surface area (Å²) < 4.78 is 0. The molecule has 0 spiro atoms. The Morgan fingerprint density at radius 2 is 1.00 bits per heavy atom. The van der Waals surface area contributed by atoms with E-state index in [9.17, 15) is 0 Å². The first-order valence-corrected chi connectivity index (χ1v) is 18.6. The van der Waals surface area contributed by atoms with Crippen LogP contribution < -0.4 is 0 Å². The first kappa shape index (κ1) is 37.3. The lowest BCUT2D eigenvalue weighted by Crippen LogP contribution is -1.90. The molecule has 0 atom stereocenters. The van der Waals surface area contributed by atoms with E-state index in [4.69, 9.17) is 0 Å². The molecule has 0 nitrogen and oxygen atoms in total. The molecule has 0 heterocycles. The highest BCUT2D eigenvalue weighted by atomic mass is 14.1. The van der Waals surface area contributed by atoms with Crippen molar-refractivity contribution in [1.29, 1.82) is 0 Å². The minimum atomic E-state index is 1.05. The average molecular weight is 675 g/mol. The first-order chi connectivity index (χ1) is 25.6. The van der Waals surface area contributed by atoms with Crippen molar-refractivity contribution in [2.45, 2.75) is 40.5 Å². The molecule has 0 aliphatic carbocycles. The predicted molar refractivity (Wildman–Crippen MR) is 230 cm³/mol. The van der Waals surface area contributed by atoms with E-state index in [0.717, 1.165) is 24.0 Å². The van der Waals surface area contributed by atoms with Crippen LogP contribution in [0.3, 0.4) is 0 Å². The topological polar surface area (TPSA) is 0 Å². The third-order valence-electron chi connectivity index (χ3n) is 8.93. The molecule has 0 amide bonds. The van der Waals surface area contributed by atoms with E-state index in [0.29, 0.717) is 0 Å². The monoisotopic (exact) mass is 674 g/mol. The van der Waals surface area contributed by atoms with Crippen molar-refractivity contribution in [1.82, 2.24) is 0 Å². The average Bonchev–Trinajstić information content (AvgIpc) is 3.22. The van der Waals surface area contributed by atoms with E-state index in [2.05, 4.69) is 202 Å². The Morgan fingerprint density at radius 1 is 0.538 bits per heavy atom. The highest BCUT2D eigenvalue weighted by Crippen LogP contribution is 2.32. The van der Waals surface area contributed by atoms with Gasteiger partial charge in [0.15, 0.2) is 0 Å². The van der Waals surface area contributed by atoms with Gasteiger partial charge in [0.25, 0.3) is 0 Å². The minimum Gasteiger partial charge on any atom is -0.0991 e. The Morgan fingerprint density at radius 3 is 1.44 bits per heavy atom. The highest BCUT2D eigenvalue weighted by molar-refractivity contribution is 5.93. The quantitative estimate of drug-likeness (QED) is 0.0895. The van der Waals surface area contributed by atoms with Gasteiger partial charge in [-0.2, -0.15) is 0 Å². The van der Waals surface area contributed by atoms with Crippen molar-refractivity contribution in [3.63, 3.8) is 0 Å². The molecule has 258 valence electrons. The molecule has 0 aromatic heterocycles. The van der Waals surface area contributed by atoms with Crippen LogP contribution in [0.15, 0.2) is 194 Å². The second-order valence-electron chi connectivity index (χ2n) is 12.5. The zero-order valence-corrected chi connectivity index (χ0v) is 31.1. The standard InChI is InChI=1S/C50H44.C2H6/c1-4-7-18-41(6-3)49(44-19-11-8-12-20-44)35-38-25-29-42(30-26-38)47-33-40(17-5-2)34-48(37-47)43-31-27-39(28-32-43)36-50(45-21-13-9-14-22-45)46-23-15-10-16-24-46;1-2/h4,6-16,18-37H,1,5,17H2,2-3H3;1-2H3/b18-7-,41-6+,49-35-;. The molecule has 0 aliphatic rings. The fourth-order valence-electron chi connectivity index (χ4n) is 6.37. The normalized spacial score (nSPS) is 11.5. The summed E-state index contributed by atoms with van der Waals surface area (Å²) in [6, 6.07) is 56.8. The van der Waals surface area contributed by atoms with E-state index >= 15 is 0 Å². The fourth-order valence-corrected chi connectivity index (χ4v) is 6.37. The number of rotatable bonds is 12. The molecule has 0 saturated heterocycles. The number of allylic oxidation sites excluding steroid dienone is 6. The van der Waals surface area contributed by atoms with Gasteiger partial charge in [-0.15, -0.1) is 0 Å². The van der Waals surface area contributed by atoms with Gasteiger partial charge >= 0.3 is 0 Å². The molecule has 52 heavy (non-hydrogen) atoms. The van der Waals surface area contributed by atoms with Gasteiger partial charge in [-0.05, 0) is 104 Å². The summed E-state index contributed by atoms with van der Waals surface area (Å²) >= 11 is 0. The number of aryl methyl sites for hydroxylation is 1. The van der Waals surface area contributed by atoms with Crippen molar-refractivity contribution in [3.05, 3.63) is 228 Å². The maximum Gasteiger partial charge on any atom is -0.0105 e. The first-order valence-electron chi connectivity index (χ1n) is 18.6. The lowest BCUT2D eigenvalue weighted by atomic mass is 9.92. The molecule has 6 aromatic rings. The van der Waals surface area contributed by atoms with Crippen molar-refractivity contribution in [2.24, 2.45) is 0 Å². The molecule has 0 bridgehead atoms. The summed E-state index contributed by atoms with van der Waals surface area (Å²) in [5.41, 5.74) is 15.8. The molecule has 0 saturated carbocycles. The molecule has 0 heteroatoms. The van der Waals surface area contributed by atoms with Crippen molar-refractivity contribution >= 4 is 23.3 Å². The van der Waals surface area contributed by atoms with Crippen molar-refractivity contribution < 1.29 is 0 Å². The molecule has 0 N–H and O–H groups in total. The van der Waals surface area contributed by atoms with Crippen LogP contribution in [0, 0.1) is 0 Å². The van der Waals surface area contributed by atoms with Gasteiger partial charge in [0.2, 0.25) is 0 Å². The summed E-state index contributed by atoms with van der Waals surface area (Å²) in [6.07, 6.45) is 14.8.